The van der Waals surface area contributed by atoms with Crippen molar-refractivity contribution in [3.05, 3.63) is 51.9 Å². The lowest BCUT2D eigenvalue weighted by Crippen LogP contribution is -2.16. The van der Waals surface area contributed by atoms with Crippen LogP contribution in [0.4, 0.5) is 5.82 Å². The maximum Gasteiger partial charge on any atom is 0.128 e. The quantitative estimate of drug-likeness (QED) is 0.889. The Morgan fingerprint density at radius 1 is 1.35 bits per heavy atom. The molecular formula is C12H13BrN4. The predicted octanol–water partition coefficient (Wildman–Crippen LogP) is 2.18. The van der Waals surface area contributed by atoms with Crippen LogP contribution in [0.25, 0.3) is 0 Å². The summed E-state index contributed by atoms with van der Waals surface area (Å²) in [6.07, 6.45) is 3.43. The van der Waals surface area contributed by atoms with Crippen LogP contribution in [0, 0.1) is 6.92 Å². The van der Waals surface area contributed by atoms with Crippen LogP contribution in [0.5, 0.6) is 0 Å². The molecule has 2 rings (SSSR count). The first-order chi connectivity index (χ1) is 8.09. The largest absolute Gasteiger partial charge is 0.383 e. The minimum absolute atomic E-state index is 0.377. The zero-order chi connectivity index (χ0) is 12.4. The molecule has 1 atom stereocenters. The monoisotopic (exact) mass is 292 g/mol. The fraction of sp³-hybridized carbons (Fsp3) is 0.167. The van der Waals surface area contributed by atoms with Crippen LogP contribution in [-0.4, -0.2) is 9.97 Å². The minimum Gasteiger partial charge on any atom is -0.383 e. The molecule has 2 aromatic heterocycles. The number of anilines is 1. The van der Waals surface area contributed by atoms with Gasteiger partial charge in [0.25, 0.3) is 0 Å². The summed E-state index contributed by atoms with van der Waals surface area (Å²) >= 11 is 3.43. The Bertz CT molecular complexity index is 542. The maximum absolute atomic E-state index is 6.17. The van der Waals surface area contributed by atoms with Crippen LogP contribution in [0.1, 0.15) is 22.9 Å². The Balaban J connectivity index is 2.47. The molecule has 4 nitrogen and oxygen atoms in total. The molecule has 0 saturated carbocycles. The number of nitrogens with zero attached hydrogens (tertiary/aromatic N) is 2. The topological polar surface area (TPSA) is 77.8 Å². The molecule has 0 amide bonds. The highest BCUT2D eigenvalue weighted by Gasteiger charge is 2.16. The van der Waals surface area contributed by atoms with Crippen molar-refractivity contribution in [3.63, 3.8) is 0 Å². The molecule has 4 N–H and O–H groups in total. The molecular weight excluding hydrogens is 280 g/mol. The van der Waals surface area contributed by atoms with E-state index in [0.717, 1.165) is 21.3 Å². The molecule has 1 unspecified atom stereocenters. The van der Waals surface area contributed by atoms with E-state index in [1.54, 1.807) is 12.4 Å². The second kappa shape index (κ2) is 4.81. The summed E-state index contributed by atoms with van der Waals surface area (Å²) in [7, 11) is 0. The van der Waals surface area contributed by atoms with Crippen LogP contribution in [-0.2, 0) is 0 Å². The molecule has 0 spiro atoms. The Morgan fingerprint density at radius 3 is 2.82 bits per heavy atom. The Kier molecular flexibility index (Phi) is 3.40. The smallest absolute Gasteiger partial charge is 0.128 e. The summed E-state index contributed by atoms with van der Waals surface area (Å²) in [6.45, 7) is 1.95. The molecule has 0 aliphatic carbocycles. The van der Waals surface area contributed by atoms with E-state index in [9.17, 15) is 0 Å². The van der Waals surface area contributed by atoms with E-state index in [-0.39, 0.29) is 6.04 Å². The molecule has 0 radical (unpaired) electrons. The van der Waals surface area contributed by atoms with Gasteiger partial charge >= 0.3 is 0 Å². The number of hydrogen-bond donors (Lipinski definition) is 2. The van der Waals surface area contributed by atoms with E-state index in [1.807, 2.05) is 25.1 Å². The second-order valence-corrected chi connectivity index (χ2v) is 4.69. The number of nitrogen functional groups attached to an aromatic ring is 1. The number of nitrogens with two attached hydrogens (primary N) is 2. The lowest BCUT2D eigenvalue weighted by Gasteiger charge is -2.15. The van der Waals surface area contributed by atoms with E-state index < -0.39 is 0 Å². The van der Waals surface area contributed by atoms with Gasteiger partial charge in [-0.15, -0.1) is 0 Å². The highest BCUT2D eigenvalue weighted by Crippen LogP contribution is 2.27. The number of halogens is 1. The molecule has 0 fully saturated rings. The van der Waals surface area contributed by atoms with Crippen molar-refractivity contribution >= 4 is 21.7 Å². The van der Waals surface area contributed by atoms with Gasteiger partial charge in [0.05, 0.1) is 11.7 Å². The molecule has 0 saturated heterocycles. The Morgan fingerprint density at radius 2 is 2.12 bits per heavy atom. The average molecular weight is 293 g/mol. The summed E-state index contributed by atoms with van der Waals surface area (Å²) < 4.78 is 0.869. The van der Waals surface area contributed by atoms with E-state index in [4.69, 9.17) is 11.5 Å². The van der Waals surface area contributed by atoms with E-state index in [2.05, 4.69) is 25.9 Å². The van der Waals surface area contributed by atoms with Crippen LogP contribution in [0.3, 0.4) is 0 Å². The fourth-order valence-electron chi connectivity index (χ4n) is 1.63. The van der Waals surface area contributed by atoms with Crippen molar-refractivity contribution in [2.24, 2.45) is 5.73 Å². The third-order valence-corrected chi connectivity index (χ3v) is 3.17. The van der Waals surface area contributed by atoms with Gasteiger partial charge < -0.3 is 11.5 Å². The van der Waals surface area contributed by atoms with Gasteiger partial charge in [-0.3, -0.25) is 4.98 Å². The number of aromatic nitrogens is 2. The summed E-state index contributed by atoms with van der Waals surface area (Å²) in [4.78, 5) is 8.38. The van der Waals surface area contributed by atoms with Gasteiger partial charge in [0.1, 0.15) is 5.82 Å². The highest BCUT2D eigenvalue weighted by molar-refractivity contribution is 9.10. The van der Waals surface area contributed by atoms with Gasteiger partial charge in [-0.2, -0.15) is 0 Å². The lowest BCUT2D eigenvalue weighted by atomic mass is 10.0. The number of aryl methyl sites for hydroxylation is 1. The molecule has 5 heteroatoms. The first-order valence-corrected chi connectivity index (χ1v) is 5.97. The first kappa shape index (κ1) is 12.0. The van der Waals surface area contributed by atoms with Crippen molar-refractivity contribution in [1.82, 2.24) is 9.97 Å². The zero-order valence-corrected chi connectivity index (χ0v) is 11.0. The molecule has 2 aromatic rings. The van der Waals surface area contributed by atoms with Crippen LogP contribution in [0.15, 0.2) is 35.1 Å². The van der Waals surface area contributed by atoms with E-state index in [1.165, 1.54) is 0 Å². The SMILES string of the molecule is Cc1cnc(N)c(C(N)c2ncccc2Br)c1. The van der Waals surface area contributed by atoms with Crippen molar-refractivity contribution in [2.45, 2.75) is 13.0 Å². The lowest BCUT2D eigenvalue weighted by molar-refractivity contribution is 0.818. The summed E-state index contributed by atoms with van der Waals surface area (Å²) in [5.41, 5.74) is 14.6. The Hall–Kier alpha value is -1.46. The van der Waals surface area contributed by atoms with Gasteiger partial charge in [-0.25, -0.2) is 4.98 Å². The predicted molar refractivity (Wildman–Crippen MR) is 71.4 cm³/mol. The number of rotatable bonds is 2. The van der Waals surface area contributed by atoms with Crippen LogP contribution in [0.2, 0.25) is 0 Å². The van der Waals surface area contributed by atoms with Crippen LogP contribution >= 0.6 is 15.9 Å². The number of hydrogen-bond acceptors (Lipinski definition) is 4. The molecule has 0 bridgehead atoms. The van der Waals surface area contributed by atoms with Crippen molar-refractivity contribution in [3.8, 4) is 0 Å². The number of pyridine rings is 2. The van der Waals surface area contributed by atoms with Gasteiger partial charge in [-0.1, -0.05) is 0 Å². The normalized spacial score (nSPS) is 12.4. The molecule has 0 aliphatic rings. The molecule has 0 aromatic carbocycles. The summed E-state index contributed by atoms with van der Waals surface area (Å²) in [6, 6.07) is 5.31. The third kappa shape index (κ3) is 2.45. The van der Waals surface area contributed by atoms with Gasteiger partial charge in [0.15, 0.2) is 0 Å². The van der Waals surface area contributed by atoms with Gasteiger partial charge in [0, 0.05) is 22.4 Å². The molecule has 0 aliphatic heterocycles. The zero-order valence-electron chi connectivity index (χ0n) is 9.39. The van der Waals surface area contributed by atoms with Crippen molar-refractivity contribution < 1.29 is 0 Å². The van der Waals surface area contributed by atoms with Gasteiger partial charge in [0.2, 0.25) is 0 Å². The molecule has 17 heavy (non-hydrogen) atoms. The Labute approximate surface area is 108 Å². The molecule has 88 valence electrons. The maximum atomic E-state index is 6.17. The highest BCUT2D eigenvalue weighted by atomic mass is 79.9. The average Bonchev–Trinajstić information content (AvgIpc) is 2.32. The first-order valence-electron chi connectivity index (χ1n) is 5.17. The summed E-state index contributed by atoms with van der Waals surface area (Å²) in [5.74, 6) is 0.445. The van der Waals surface area contributed by atoms with E-state index in [0.29, 0.717) is 5.82 Å². The van der Waals surface area contributed by atoms with Crippen molar-refractivity contribution in [1.29, 1.82) is 0 Å². The van der Waals surface area contributed by atoms with Crippen molar-refractivity contribution in [2.75, 3.05) is 5.73 Å². The third-order valence-electron chi connectivity index (χ3n) is 2.50. The summed E-state index contributed by atoms with van der Waals surface area (Å²) in [5, 5.41) is 0. The van der Waals surface area contributed by atoms with E-state index >= 15 is 0 Å². The van der Waals surface area contributed by atoms with Gasteiger partial charge in [-0.05, 0) is 46.6 Å². The standard InChI is InChI=1S/C12H13BrN4/c1-7-5-8(12(15)17-6-7)10(14)11-9(13)3-2-4-16-11/h2-6,10H,14H2,1H3,(H2,15,17). The fourth-order valence-corrected chi connectivity index (χ4v) is 2.13. The van der Waals surface area contributed by atoms with Crippen LogP contribution < -0.4 is 11.5 Å². The second-order valence-electron chi connectivity index (χ2n) is 3.84. The molecule has 2 heterocycles. The minimum atomic E-state index is -0.377.